The molecule has 2 aromatic rings. The molecule has 0 spiro atoms. The standard InChI is InChI=1S/C15H18N2O3/c1-10-14(20-11(2)16-10)15(19)17-13-7-3-5-12(9-13)6-4-8-18/h3,5,7,9,18H,4,6,8H2,1-2H3,(H,17,19). The summed E-state index contributed by atoms with van der Waals surface area (Å²) < 4.78 is 5.29. The number of nitrogens with zero attached hydrogens (tertiary/aromatic N) is 1. The smallest absolute Gasteiger partial charge is 0.293 e. The van der Waals surface area contributed by atoms with Gasteiger partial charge in [0.2, 0.25) is 5.76 Å². The normalized spacial score (nSPS) is 10.6. The van der Waals surface area contributed by atoms with Crippen LogP contribution in [0.4, 0.5) is 5.69 Å². The first kappa shape index (κ1) is 14.3. The minimum absolute atomic E-state index is 0.160. The number of aliphatic hydroxyl groups excluding tert-OH is 1. The maximum absolute atomic E-state index is 12.1. The van der Waals surface area contributed by atoms with Crippen LogP contribution >= 0.6 is 0 Å². The first-order valence-electron chi connectivity index (χ1n) is 6.55. The number of hydrogen-bond donors (Lipinski definition) is 2. The highest BCUT2D eigenvalue weighted by Gasteiger charge is 2.15. The van der Waals surface area contributed by atoms with Crippen LogP contribution in [0.1, 0.15) is 34.1 Å². The molecule has 2 N–H and O–H groups in total. The molecule has 0 radical (unpaired) electrons. The predicted molar refractivity (Wildman–Crippen MR) is 75.8 cm³/mol. The summed E-state index contributed by atoms with van der Waals surface area (Å²) in [5.74, 6) is 0.412. The van der Waals surface area contributed by atoms with Gasteiger partial charge in [0.1, 0.15) is 0 Å². The predicted octanol–water partition coefficient (Wildman–Crippen LogP) is 2.47. The molecule has 1 heterocycles. The van der Waals surface area contributed by atoms with E-state index in [1.807, 2.05) is 24.3 Å². The summed E-state index contributed by atoms with van der Waals surface area (Å²) in [4.78, 5) is 16.2. The highest BCUT2D eigenvalue weighted by atomic mass is 16.4. The molecule has 0 aliphatic heterocycles. The van der Waals surface area contributed by atoms with E-state index in [4.69, 9.17) is 9.52 Å². The summed E-state index contributed by atoms with van der Waals surface area (Å²) in [5.41, 5.74) is 2.36. The van der Waals surface area contributed by atoms with Crippen molar-refractivity contribution >= 4 is 11.6 Å². The Kier molecular flexibility index (Phi) is 4.53. The highest BCUT2D eigenvalue weighted by Crippen LogP contribution is 2.15. The number of aryl methyl sites for hydroxylation is 3. The molecule has 0 saturated heterocycles. The van der Waals surface area contributed by atoms with E-state index in [-0.39, 0.29) is 18.3 Å². The molecule has 5 nitrogen and oxygen atoms in total. The third-order valence-corrected chi connectivity index (χ3v) is 2.92. The number of benzene rings is 1. The quantitative estimate of drug-likeness (QED) is 0.878. The number of carbonyl (C=O) groups is 1. The van der Waals surface area contributed by atoms with E-state index in [1.54, 1.807) is 13.8 Å². The molecule has 0 fully saturated rings. The maximum Gasteiger partial charge on any atom is 0.293 e. The van der Waals surface area contributed by atoms with Crippen LogP contribution in [0.25, 0.3) is 0 Å². The van der Waals surface area contributed by atoms with Gasteiger partial charge in [0.15, 0.2) is 5.89 Å². The van der Waals surface area contributed by atoms with Gasteiger partial charge in [0.25, 0.3) is 5.91 Å². The molecular weight excluding hydrogens is 256 g/mol. The monoisotopic (exact) mass is 274 g/mol. The van der Waals surface area contributed by atoms with Gasteiger partial charge in [0.05, 0.1) is 5.69 Å². The van der Waals surface area contributed by atoms with Crippen LogP contribution < -0.4 is 5.32 Å². The Morgan fingerprint density at radius 1 is 1.40 bits per heavy atom. The molecule has 0 aliphatic rings. The van der Waals surface area contributed by atoms with Crippen molar-refractivity contribution in [2.75, 3.05) is 11.9 Å². The molecule has 20 heavy (non-hydrogen) atoms. The number of aliphatic hydroxyl groups is 1. The summed E-state index contributed by atoms with van der Waals surface area (Å²) >= 11 is 0. The molecule has 0 atom stereocenters. The minimum atomic E-state index is -0.303. The van der Waals surface area contributed by atoms with Gasteiger partial charge in [-0.15, -0.1) is 0 Å². The fourth-order valence-corrected chi connectivity index (χ4v) is 2.02. The van der Waals surface area contributed by atoms with E-state index in [0.29, 0.717) is 23.7 Å². The van der Waals surface area contributed by atoms with Gasteiger partial charge < -0.3 is 14.8 Å². The lowest BCUT2D eigenvalue weighted by atomic mass is 10.1. The SMILES string of the molecule is Cc1nc(C)c(C(=O)Nc2cccc(CCCO)c2)o1. The first-order valence-corrected chi connectivity index (χ1v) is 6.55. The van der Waals surface area contributed by atoms with E-state index in [9.17, 15) is 4.79 Å². The fraction of sp³-hybridized carbons (Fsp3) is 0.333. The number of rotatable bonds is 5. The summed E-state index contributed by atoms with van der Waals surface area (Å²) in [6, 6.07) is 7.56. The molecule has 0 unspecified atom stereocenters. The molecule has 1 aromatic heterocycles. The van der Waals surface area contributed by atoms with Crippen LogP contribution in [-0.4, -0.2) is 22.6 Å². The fourth-order valence-electron chi connectivity index (χ4n) is 2.02. The summed E-state index contributed by atoms with van der Waals surface area (Å²) in [7, 11) is 0. The molecule has 0 aliphatic carbocycles. The van der Waals surface area contributed by atoms with Crippen LogP contribution in [0.3, 0.4) is 0 Å². The molecule has 0 saturated carbocycles. The first-order chi connectivity index (χ1) is 9.60. The van der Waals surface area contributed by atoms with Crippen molar-refractivity contribution in [3.63, 3.8) is 0 Å². The Balaban J connectivity index is 2.09. The average Bonchev–Trinajstić information content (AvgIpc) is 2.76. The highest BCUT2D eigenvalue weighted by molar-refractivity contribution is 6.02. The van der Waals surface area contributed by atoms with Gasteiger partial charge in [-0.2, -0.15) is 0 Å². The van der Waals surface area contributed by atoms with Crippen LogP contribution in [0.15, 0.2) is 28.7 Å². The number of nitrogens with one attached hydrogen (secondary N) is 1. The second-order valence-corrected chi connectivity index (χ2v) is 4.63. The van der Waals surface area contributed by atoms with Crippen molar-refractivity contribution in [3.05, 3.63) is 47.2 Å². The Bertz CT molecular complexity index is 605. The number of oxazole rings is 1. The number of hydrogen-bond acceptors (Lipinski definition) is 4. The van der Waals surface area contributed by atoms with Crippen molar-refractivity contribution in [2.24, 2.45) is 0 Å². The second-order valence-electron chi connectivity index (χ2n) is 4.63. The zero-order valence-electron chi connectivity index (χ0n) is 11.6. The van der Waals surface area contributed by atoms with E-state index in [2.05, 4.69) is 10.3 Å². The third kappa shape index (κ3) is 3.45. The Labute approximate surface area is 117 Å². The van der Waals surface area contributed by atoms with Gasteiger partial charge in [-0.3, -0.25) is 4.79 Å². The number of aromatic nitrogens is 1. The topological polar surface area (TPSA) is 75.4 Å². The third-order valence-electron chi connectivity index (χ3n) is 2.92. The van der Waals surface area contributed by atoms with Crippen molar-refractivity contribution in [1.82, 2.24) is 4.98 Å². The zero-order chi connectivity index (χ0) is 14.5. The van der Waals surface area contributed by atoms with Crippen LogP contribution in [0.5, 0.6) is 0 Å². The van der Waals surface area contributed by atoms with E-state index < -0.39 is 0 Å². The summed E-state index contributed by atoms with van der Waals surface area (Å²) in [6.45, 7) is 3.61. The molecule has 1 aromatic carbocycles. The van der Waals surface area contributed by atoms with Gasteiger partial charge in [-0.05, 0) is 37.5 Å². The minimum Gasteiger partial charge on any atom is -0.436 e. The van der Waals surface area contributed by atoms with Gasteiger partial charge >= 0.3 is 0 Å². The Hall–Kier alpha value is -2.14. The van der Waals surface area contributed by atoms with Crippen LogP contribution in [0, 0.1) is 13.8 Å². The van der Waals surface area contributed by atoms with Crippen molar-refractivity contribution < 1.29 is 14.3 Å². The summed E-state index contributed by atoms with van der Waals surface area (Å²) in [6.07, 6.45) is 1.48. The van der Waals surface area contributed by atoms with Crippen molar-refractivity contribution in [2.45, 2.75) is 26.7 Å². The largest absolute Gasteiger partial charge is 0.436 e. The van der Waals surface area contributed by atoms with E-state index >= 15 is 0 Å². The lowest BCUT2D eigenvalue weighted by Gasteiger charge is -2.06. The van der Waals surface area contributed by atoms with Crippen molar-refractivity contribution in [3.8, 4) is 0 Å². The lowest BCUT2D eigenvalue weighted by molar-refractivity contribution is 0.0994. The number of carbonyl (C=O) groups excluding carboxylic acids is 1. The van der Waals surface area contributed by atoms with Gasteiger partial charge in [0, 0.05) is 19.2 Å². The van der Waals surface area contributed by atoms with Crippen LogP contribution in [0.2, 0.25) is 0 Å². The zero-order valence-corrected chi connectivity index (χ0v) is 11.6. The lowest BCUT2D eigenvalue weighted by Crippen LogP contribution is -2.12. The average molecular weight is 274 g/mol. The molecule has 106 valence electrons. The number of anilines is 1. The van der Waals surface area contributed by atoms with E-state index in [1.165, 1.54) is 0 Å². The molecular formula is C15H18N2O3. The van der Waals surface area contributed by atoms with Crippen LogP contribution in [-0.2, 0) is 6.42 Å². The molecule has 1 amide bonds. The maximum atomic E-state index is 12.1. The number of amides is 1. The van der Waals surface area contributed by atoms with Gasteiger partial charge in [-0.1, -0.05) is 12.1 Å². The molecule has 5 heteroatoms. The Morgan fingerprint density at radius 3 is 2.85 bits per heavy atom. The molecule has 0 bridgehead atoms. The van der Waals surface area contributed by atoms with Gasteiger partial charge in [-0.25, -0.2) is 4.98 Å². The van der Waals surface area contributed by atoms with Crippen molar-refractivity contribution in [1.29, 1.82) is 0 Å². The van der Waals surface area contributed by atoms with E-state index in [0.717, 1.165) is 12.0 Å². The Morgan fingerprint density at radius 2 is 2.20 bits per heavy atom. The summed E-state index contributed by atoms with van der Waals surface area (Å²) in [5, 5.41) is 11.6. The second kappa shape index (κ2) is 6.34. The molecule has 2 rings (SSSR count).